The molecule has 1 aliphatic heterocycles. The summed E-state index contributed by atoms with van der Waals surface area (Å²) in [6, 6.07) is 16.6. The fourth-order valence-electron chi connectivity index (χ4n) is 3.98. The number of ether oxygens (including phenoxy) is 1. The lowest BCUT2D eigenvalue weighted by molar-refractivity contribution is -0.122. The first-order chi connectivity index (χ1) is 20.0. The number of amides is 2. The summed E-state index contributed by atoms with van der Waals surface area (Å²) in [6.07, 6.45) is 1.73. The molecule has 0 aliphatic carbocycles. The van der Waals surface area contributed by atoms with Crippen LogP contribution < -0.4 is 10.1 Å². The highest BCUT2D eigenvalue weighted by atomic mass is 35.5. The summed E-state index contributed by atoms with van der Waals surface area (Å²) in [6.45, 7) is 1.24. The molecule has 8 nitrogen and oxygen atoms in total. The fraction of sp³-hybridized carbons (Fsp3) is 0.200. The molecule has 42 heavy (non-hydrogen) atoms. The molecule has 12 heteroatoms. The molecule has 0 unspecified atom stereocenters. The number of anilines is 1. The molecule has 0 saturated carbocycles. The van der Waals surface area contributed by atoms with E-state index in [2.05, 4.69) is 5.32 Å². The van der Waals surface area contributed by atoms with E-state index in [1.165, 1.54) is 29.2 Å². The average molecular weight is 645 g/mol. The van der Waals surface area contributed by atoms with Crippen molar-refractivity contribution < 1.29 is 24.2 Å². The monoisotopic (exact) mass is 643 g/mol. The second-order valence-corrected chi connectivity index (χ2v) is 12.1. The maximum Gasteiger partial charge on any atom is 0.335 e. The van der Waals surface area contributed by atoms with Crippen LogP contribution in [0.3, 0.4) is 0 Å². The van der Waals surface area contributed by atoms with Crippen LogP contribution in [0.4, 0.5) is 5.69 Å². The van der Waals surface area contributed by atoms with Gasteiger partial charge in [-0.25, -0.2) is 4.79 Å². The number of benzene rings is 3. The van der Waals surface area contributed by atoms with Gasteiger partial charge in [-0.1, -0.05) is 53.2 Å². The molecule has 1 aliphatic rings. The standard InChI is InChI=1S/C30H27Cl2N3O5S2/c1-34(2)13-14-40-25-10-5-19(23-17-21(31)6-9-24(23)32)15-20(25)16-26-28(37)35(30(41)42-26)12-11-27(36)33-22-7-3-18(4-8-22)29(38)39/h3-10,15-17H,11-14H2,1-2H3,(H,33,36)(H,38,39)/b26-16-. The van der Waals surface area contributed by atoms with E-state index in [1.807, 2.05) is 37.2 Å². The number of hydrogen-bond donors (Lipinski definition) is 2. The summed E-state index contributed by atoms with van der Waals surface area (Å²) in [5.74, 6) is -1.10. The smallest absolute Gasteiger partial charge is 0.335 e. The third-order valence-corrected chi connectivity index (χ3v) is 8.13. The van der Waals surface area contributed by atoms with Crippen LogP contribution in [0.25, 0.3) is 17.2 Å². The van der Waals surface area contributed by atoms with Gasteiger partial charge in [-0.2, -0.15) is 0 Å². The summed E-state index contributed by atoms with van der Waals surface area (Å²) in [4.78, 5) is 40.7. The van der Waals surface area contributed by atoms with Crippen LogP contribution in [0.15, 0.2) is 65.6 Å². The molecule has 1 saturated heterocycles. The Morgan fingerprint density at radius 3 is 2.52 bits per heavy atom. The lowest BCUT2D eigenvalue weighted by atomic mass is 10.0. The number of aromatic carboxylic acids is 1. The Kier molecular flexibility index (Phi) is 10.6. The maximum atomic E-state index is 13.3. The number of carboxylic acid groups (broad SMARTS) is 1. The number of carbonyl (C=O) groups is 3. The molecule has 4 rings (SSSR count). The van der Waals surface area contributed by atoms with Crippen LogP contribution in [0, 0.1) is 0 Å². The zero-order valence-electron chi connectivity index (χ0n) is 22.7. The lowest BCUT2D eigenvalue weighted by Crippen LogP contribution is -2.31. The summed E-state index contributed by atoms with van der Waals surface area (Å²) >= 11 is 19.3. The van der Waals surface area contributed by atoms with E-state index < -0.39 is 5.97 Å². The van der Waals surface area contributed by atoms with Crippen molar-refractivity contribution in [2.45, 2.75) is 6.42 Å². The van der Waals surface area contributed by atoms with Crippen molar-refractivity contribution in [1.82, 2.24) is 9.80 Å². The molecule has 3 aromatic rings. The third-order valence-electron chi connectivity index (χ3n) is 6.18. The fourth-order valence-corrected chi connectivity index (χ4v) is 5.68. The molecule has 3 aromatic carbocycles. The highest BCUT2D eigenvalue weighted by Crippen LogP contribution is 2.37. The number of hydrogen-bond acceptors (Lipinski definition) is 7. The van der Waals surface area contributed by atoms with Crippen molar-refractivity contribution in [2.24, 2.45) is 0 Å². The molecular formula is C30H27Cl2N3O5S2. The van der Waals surface area contributed by atoms with Gasteiger partial charge < -0.3 is 20.1 Å². The number of carboxylic acids is 1. The van der Waals surface area contributed by atoms with Gasteiger partial charge in [0.25, 0.3) is 5.91 Å². The second-order valence-electron chi connectivity index (χ2n) is 9.54. The topological polar surface area (TPSA) is 99.2 Å². The Morgan fingerprint density at radius 2 is 1.83 bits per heavy atom. The zero-order chi connectivity index (χ0) is 30.4. The molecule has 0 spiro atoms. The third kappa shape index (κ3) is 8.11. The minimum absolute atomic E-state index is 0.00203. The van der Waals surface area contributed by atoms with Crippen molar-refractivity contribution in [3.63, 3.8) is 0 Å². The van der Waals surface area contributed by atoms with Gasteiger partial charge in [0.15, 0.2) is 0 Å². The van der Waals surface area contributed by atoms with Crippen LogP contribution >= 0.6 is 47.2 Å². The summed E-state index contributed by atoms with van der Waals surface area (Å²) < 4.78 is 6.39. The number of thioether (sulfide) groups is 1. The minimum atomic E-state index is -1.05. The van der Waals surface area contributed by atoms with Crippen LogP contribution in [-0.4, -0.2) is 70.8 Å². The Bertz CT molecular complexity index is 1560. The number of rotatable bonds is 11. The molecule has 1 heterocycles. The van der Waals surface area contributed by atoms with Gasteiger partial charge in [-0.3, -0.25) is 14.5 Å². The maximum absolute atomic E-state index is 13.3. The number of likely N-dealkylation sites (N-methyl/N-ethyl adjacent to an activating group) is 1. The average Bonchev–Trinajstić information content (AvgIpc) is 3.21. The first-order valence-corrected chi connectivity index (χ1v) is 14.8. The molecular weight excluding hydrogens is 617 g/mol. The predicted octanol–water partition coefficient (Wildman–Crippen LogP) is 6.53. The molecule has 0 atom stereocenters. The lowest BCUT2D eigenvalue weighted by Gasteiger charge is -2.15. The summed E-state index contributed by atoms with van der Waals surface area (Å²) in [5.41, 5.74) is 2.79. The molecule has 0 bridgehead atoms. The van der Waals surface area contributed by atoms with Gasteiger partial charge in [0.2, 0.25) is 5.91 Å². The van der Waals surface area contributed by atoms with Crippen molar-refractivity contribution in [1.29, 1.82) is 0 Å². The molecule has 1 fully saturated rings. The Hall–Kier alpha value is -3.41. The highest BCUT2D eigenvalue weighted by molar-refractivity contribution is 8.26. The number of carbonyl (C=O) groups excluding carboxylic acids is 2. The van der Waals surface area contributed by atoms with Crippen molar-refractivity contribution in [3.8, 4) is 16.9 Å². The summed E-state index contributed by atoms with van der Waals surface area (Å²) in [5, 5.41) is 12.8. The van der Waals surface area contributed by atoms with Crippen molar-refractivity contribution in [3.05, 3.63) is 86.7 Å². The molecule has 0 radical (unpaired) electrons. The highest BCUT2D eigenvalue weighted by Gasteiger charge is 2.32. The van der Waals surface area contributed by atoms with E-state index in [9.17, 15) is 14.4 Å². The Morgan fingerprint density at radius 1 is 1.10 bits per heavy atom. The molecule has 218 valence electrons. The van der Waals surface area contributed by atoms with E-state index in [4.69, 9.17) is 45.3 Å². The van der Waals surface area contributed by atoms with Gasteiger partial charge >= 0.3 is 5.97 Å². The van der Waals surface area contributed by atoms with E-state index >= 15 is 0 Å². The largest absolute Gasteiger partial charge is 0.492 e. The Balaban J connectivity index is 1.51. The number of nitrogens with one attached hydrogen (secondary N) is 1. The van der Waals surface area contributed by atoms with E-state index in [0.717, 1.165) is 22.9 Å². The summed E-state index contributed by atoms with van der Waals surface area (Å²) in [7, 11) is 3.91. The van der Waals surface area contributed by atoms with Crippen molar-refractivity contribution >= 4 is 81.0 Å². The second kappa shape index (κ2) is 14.2. The van der Waals surface area contributed by atoms with Crippen LogP contribution in [-0.2, 0) is 9.59 Å². The first-order valence-electron chi connectivity index (χ1n) is 12.8. The minimum Gasteiger partial charge on any atom is -0.492 e. The van der Waals surface area contributed by atoms with E-state index in [0.29, 0.717) is 49.4 Å². The molecule has 0 aromatic heterocycles. The van der Waals surface area contributed by atoms with Crippen LogP contribution in [0.5, 0.6) is 5.75 Å². The van der Waals surface area contributed by atoms with Crippen LogP contribution in [0.2, 0.25) is 10.0 Å². The van der Waals surface area contributed by atoms with Gasteiger partial charge in [0.1, 0.15) is 16.7 Å². The Labute approximate surface area is 263 Å². The molecule has 2 amide bonds. The SMILES string of the molecule is CN(C)CCOc1ccc(-c2cc(Cl)ccc2Cl)cc1/C=C1\SC(=S)N(CCC(=O)Nc2ccc(C(=O)O)cc2)C1=O. The van der Waals surface area contributed by atoms with Gasteiger partial charge in [-0.15, -0.1) is 0 Å². The molecule has 2 N–H and O–H groups in total. The van der Waals surface area contributed by atoms with Crippen LogP contribution in [0.1, 0.15) is 22.3 Å². The number of thiocarbonyl (C=S) groups is 1. The van der Waals surface area contributed by atoms with E-state index in [-0.39, 0.29) is 30.3 Å². The van der Waals surface area contributed by atoms with Crippen molar-refractivity contribution in [2.75, 3.05) is 39.1 Å². The zero-order valence-corrected chi connectivity index (χ0v) is 25.9. The number of nitrogens with zero attached hydrogens (tertiary/aromatic N) is 2. The normalized spacial score (nSPS) is 14.1. The van der Waals surface area contributed by atoms with Gasteiger partial charge in [0, 0.05) is 46.4 Å². The predicted molar refractivity (Wildman–Crippen MR) is 172 cm³/mol. The number of halogens is 2. The quantitative estimate of drug-likeness (QED) is 0.180. The first kappa shape index (κ1) is 31.5. The van der Waals surface area contributed by atoms with E-state index in [1.54, 1.807) is 24.3 Å². The van der Waals surface area contributed by atoms with Gasteiger partial charge in [-0.05, 0) is 80.3 Å². The van der Waals surface area contributed by atoms with Gasteiger partial charge in [0.05, 0.1) is 10.5 Å².